The van der Waals surface area contributed by atoms with Crippen molar-refractivity contribution in [2.75, 3.05) is 20.7 Å². The minimum Gasteiger partial charge on any atom is -0.484 e. The van der Waals surface area contributed by atoms with E-state index >= 15 is 0 Å². The van der Waals surface area contributed by atoms with Crippen molar-refractivity contribution < 1.29 is 9.53 Å². The summed E-state index contributed by atoms with van der Waals surface area (Å²) in [6, 6.07) is 5.99. The highest BCUT2D eigenvalue weighted by atomic mass is 16.5. The smallest absolute Gasteiger partial charge is 0.259 e. The molecule has 0 saturated heterocycles. The van der Waals surface area contributed by atoms with Gasteiger partial charge in [-0.05, 0) is 31.5 Å². The Morgan fingerprint density at radius 2 is 2.00 bits per heavy atom. The van der Waals surface area contributed by atoms with Crippen LogP contribution >= 0.6 is 0 Å². The number of aromatic nitrogens is 2. The van der Waals surface area contributed by atoms with Gasteiger partial charge < -0.3 is 19.2 Å². The van der Waals surface area contributed by atoms with E-state index in [0.29, 0.717) is 11.4 Å². The highest BCUT2D eigenvalue weighted by Gasteiger charge is 2.14. The molecule has 0 bridgehead atoms. The average molecular weight is 331 g/mol. The maximum absolute atomic E-state index is 12.4. The third-order valence-electron chi connectivity index (χ3n) is 3.76. The highest BCUT2D eigenvalue weighted by molar-refractivity contribution is 5.77. The lowest BCUT2D eigenvalue weighted by Gasteiger charge is -2.19. The zero-order chi connectivity index (χ0) is 17.9. The van der Waals surface area contributed by atoms with Crippen molar-refractivity contribution in [1.29, 1.82) is 0 Å². The highest BCUT2D eigenvalue weighted by Crippen LogP contribution is 2.18. The average Bonchev–Trinajstić information content (AvgIpc) is 2.51. The second kappa shape index (κ2) is 7.16. The van der Waals surface area contributed by atoms with Crippen LogP contribution in [0.25, 0.3) is 0 Å². The Balaban J connectivity index is 2.28. The van der Waals surface area contributed by atoms with Gasteiger partial charge in [0.05, 0.1) is 6.04 Å². The molecule has 0 aliphatic rings. The van der Waals surface area contributed by atoms with Crippen molar-refractivity contribution in [2.45, 2.75) is 19.9 Å². The Morgan fingerprint density at radius 1 is 1.29 bits per heavy atom. The fourth-order valence-corrected chi connectivity index (χ4v) is 2.41. The van der Waals surface area contributed by atoms with E-state index in [1.165, 1.54) is 17.0 Å². The summed E-state index contributed by atoms with van der Waals surface area (Å²) in [7, 11) is 3.27. The Morgan fingerprint density at radius 3 is 2.58 bits per heavy atom. The number of aromatic amines is 1. The van der Waals surface area contributed by atoms with Crippen molar-refractivity contribution in [3.63, 3.8) is 0 Å². The Bertz CT molecular complexity index is 851. The number of amides is 1. The first-order chi connectivity index (χ1) is 11.3. The molecule has 0 radical (unpaired) electrons. The van der Waals surface area contributed by atoms with Crippen LogP contribution in [-0.2, 0) is 4.79 Å². The lowest BCUT2D eigenvalue weighted by Crippen LogP contribution is -2.29. The predicted octanol–water partition coefficient (Wildman–Crippen LogP) is 0.921. The van der Waals surface area contributed by atoms with Gasteiger partial charge in [-0.1, -0.05) is 0 Å². The number of hydrogen-bond acceptors (Lipinski definition) is 4. The number of aryl methyl sites for hydroxylation is 1. The van der Waals surface area contributed by atoms with Crippen molar-refractivity contribution in [3.8, 4) is 5.75 Å². The van der Waals surface area contributed by atoms with Crippen molar-refractivity contribution in [3.05, 3.63) is 62.4 Å². The predicted molar refractivity (Wildman–Crippen MR) is 90.5 cm³/mol. The molecule has 1 unspecified atom stereocenters. The molecule has 0 aliphatic carbocycles. The van der Waals surface area contributed by atoms with Gasteiger partial charge in [0, 0.05) is 38.1 Å². The molecule has 0 spiro atoms. The Labute approximate surface area is 139 Å². The van der Waals surface area contributed by atoms with Crippen molar-refractivity contribution >= 4 is 5.91 Å². The SMILES string of the molecule is Cc1cc(OCC(=O)N(C)C)cc(=O)n1C(C)c1cc[nH]c(=O)c1. The fraction of sp³-hybridized carbons (Fsp3) is 0.353. The van der Waals surface area contributed by atoms with Crippen LogP contribution in [0.4, 0.5) is 0 Å². The molecule has 0 aliphatic heterocycles. The molecule has 128 valence electrons. The first-order valence-corrected chi connectivity index (χ1v) is 7.54. The molecule has 1 atom stereocenters. The number of H-pyrrole nitrogens is 1. The molecule has 1 N–H and O–H groups in total. The van der Waals surface area contributed by atoms with Crippen molar-refractivity contribution in [1.82, 2.24) is 14.5 Å². The van der Waals surface area contributed by atoms with Gasteiger partial charge in [0.15, 0.2) is 6.61 Å². The second-order valence-corrected chi connectivity index (χ2v) is 5.78. The summed E-state index contributed by atoms with van der Waals surface area (Å²) in [5.41, 5.74) is 0.949. The largest absolute Gasteiger partial charge is 0.484 e. The van der Waals surface area contributed by atoms with Crippen LogP contribution in [0.2, 0.25) is 0 Å². The summed E-state index contributed by atoms with van der Waals surface area (Å²) in [6.45, 7) is 3.50. The third-order valence-corrected chi connectivity index (χ3v) is 3.76. The van der Waals surface area contributed by atoms with Crippen LogP contribution in [0, 0.1) is 6.92 Å². The molecular weight excluding hydrogens is 310 g/mol. The Hall–Kier alpha value is -2.83. The minimum atomic E-state index is -0.294. The van der Waals surface area contributed by atoms with E-state index in [4.69, 9.17) is 4.74 Å². The number of rotatable bonds is 5. The van der Waals surface area contributed by atoms with E-state index < -0.39 is 0 Å². The number of carbonyl (C=O) groups is 1. The lowest BCUT2D eigenvalue weighted by molar-refractivity contribution is -0.130. The van der Waals surface area contributed by atoms with Crippen molar-refractivity contribution in [2.24, 2.45) is 0 Å². The normalized spacial score (nSPS) is 11.8. The molecule has 7 nitrogen and oxygen atoms in total. The van der Waals surface area contributed by atoms with Gasteiger partial charge in [-0.15, -0.1) is 0 Å². The van der Waals surface area contributed by atoms with Gasteiger partial charge in [0.25, 0.3) is 11.5 Å². The summed E-state index contributed by atoms with van der Waals surface area (Å²) in [5.74, 6) is 0.163. The fourth-order valence-electron chi connectivity index (χ4n) is 2.41. The van der Waals surface area contributed by atoms with Gasteiger partial charge in [0.2, 0.25) is 5.56 Å². The van der Waals surface area contributed by atoms with E-state index in [1.54, 1.807) is 43.9 Å². The summed E-state index contributed by atoms with van der Waals surface area (Å²) in [6.07, 6.45) is 1.55. The molecule has 1 amide bonds. The maximum Gasteiger partial charge on any atom is 0.259 e. The molecule has 24 heavy (non-hydrogen) atoms. The molecule has 2 aromatic heterocycles. The number of hydrogen-bond donors (Lipinski definition) is 1. The van der Waals surface area contributed by atoms with E-state index in [-0.39, 0.29) is 29.7 Å². The Kier molecular flexibility index (Phi) is 5.23. The van der Waals surface area contributed by atoms with E-state index in [2.05, 4.69) is 4.98 Å². The topological polar surface area (TPSA) is 84.4 Å². The summed E-state index contributed by atoms with van der Waals surface area (Å²) < 4.78 is 6.97. The van der Waals surface area contributed by atoms with Gasteiger partial charge in [-0.2, -0.15) is 0 Å². The molecule has 2 aromatic rings. The molecule has 2 heterocycles. The van der Waals surface area contributed by atoms with Crippen LogP contribution in [0.5, 0.6) is 5.75 Å². The van der Waals surface area contributed by atoms with Gasteiger partial charge in [-0.3, -0.25) is 14.4 Å². The van der Waals surface area contributed by atoms with Crippen LogP contribution in [-0.4, -0.2) is 41.1 Å². The molecule has 0 fully saturated rings. The number of likely N-dealkylation sites (N-methyl/N-ethyl adjacent to an activating group) is 1. The quantitative estimate of drug-likeness (QED) is 0.883. The number of nitrogens with zero attached hydrogens (tertiary/aromatic N) is 2. The summed E-state index contributed by atoms with van der Waals surface area (Å²) >= 11 is 0. The second-order valence-electron chi connectivity index (χ2n) is 5.78. The number of nitrogens with one attached hydrogen (secondary N) is 1. The summed E-state index contributed by atoms with van der Waals surface area (Å²) in [4.78, 5) is 39.4. The molecule has 2 rings (SSSR count). The van der Waals surface area contributed by atoms with E-state index in [0.717, 1.165) is 5.56 Å². The monoisotopic (exact) mass is 331 g/mol. The van der Waals surface area contributed by atoms with Crippen LogP contribution in [0.15, 0.2) is 40.1 Å². The molecular formula is C17H21N3O4. The van der Waals surface area contributed by atoms with E-state index in [9.17, 15) is 14.4 Å². The first-order valence-electron chi connectivity index (χ1n) is 7.54. The molecule has 0 saturated carbocycles. The standard InChI is InChI=1S/C17H21N3O4/c1-11-7-14(24-10-17(23)19(3)4)9-16(22)20(11)12(2)13-5-6-18-15(21)8-13/h5-9,12H,10H2,1-4H3,(H,18,21). The molecule has 7 heteroatoms. The first kappa shape index (κ1) is 17.5. The zero-order valence-electron chi connectivity index (χ0n) is 14.2. The maximum atomic E-state index is 12.4. The molecule has 0 aromatic carbocycles. The number of ether oxygens (including phenoxy) is 1. The number of carbonyl (C=O) groups excluding carboxylic acids is 1. The van der Waals surface area contributed by atoms with Gasteiger partial charge in [-0.25, -0.2) is 0 Å². The van der Waals surface area contributed by atoms with Crippen LogP contribution in [0.1, 0.15) is 24.2 Å². The summed E-state index contributed by atoms with van der Waals surface area (Å²) in [5, 5.41) is 0. The van der Waals surface area contributed by atoms with Gasteiger partial charge >= 0.3 is 0 Å². The van der Waals surface area contributed by atoms with Crippen LogP contribution < -0.4 is 15.9 Å². The lowest BCUT2D eigenvalue weighted by atomic mass is 10.1. The minimum absolute atomic E-state index is 0.125. The number of pyridine rings is 2. The van der Waals surface area contributed by atoms with E-state index in [1.807, 2.05) is 6.92 Å². The van der Waals surface area contributed by atoms with Gasteiger partial charge in [0.1, 0.15) is 5.75 Å². The zero-order valence-corrected chi connectivity index (χ0v) is 14.2. The van der Waals surface area contributed by atoms with Crippen LogP contribution in [0.3, 0.4) is 0 Å². The third kappa shape index (κ3) is 3.92.